The highest BCUT2D eigenvalue weighted by atomic mass is 16.2. The molecule has 16 heavy (non-hydrogen) atoms. The van der Waals surface area contributed by atoms with Crippen molar-refractivity contribution in [3.63, 3.8) is 0 Å². The van der Waals surface area contributed by atoms with Gasteiger partial charge in [0, 0.05) is 32.2 Å². The molecule has 92 valence electrons. The smallest absolute Gasteiger partial charge is 0.320 e. The van der Waals surface area contributed by atoms with Crippen LogP contribution in [0.15, 0.2) is 0 Å². The molecule has 4 nitrogen and oxygen atoms in total. The molecule has 0 saturated carbocycles. The minimum atomic E-state index is 0.279. The van der Waals surface area contributed by atoms with Gasteiger partial charge in [0.1, 0.15) is 0 Å². The van der Waals surface area contributed by atoms with Gasteiger partial charge in [0.25, 0.3) is 0 Å². The lowest BCUT2D eigenvalue weighted by atomic mass is 10.2. The topological polar surface area (TPSA) is 26.8 Å². The number of urea groups is 1. The van der Waals surface area contributed by atoms with Crippen molar-refractivity contribution in [2.24, 2.45) is 0 Å². The van der Waals surface area contributed by atoms with Crippen LogP contribution in [-0.4, -0.2) is 67.0 Å². The number of hydrogen-bond donors (Lipinski definition) is 0. The van der Waals surface area contributed by atoms with E-state index in [1.807, 2.05) is 4.90 Å². The normalized spacial score (nSPS) is 25.8. The number of likely N-dealkylation sites (tertiary alicyclic amines) is 2. The number of nitrogens with zero attached hydrogens (tertiary/aromatic N) is 3. The van der Waals surface area contributed by atoms with Crippen molar-refractivity contribution in [2.75, 3.05) is 40.3 Å². The average molecular weight is 225 g/mol. The van der Waals surface area contributed by atoms with Crippen LogP contribution in [0.3, 0.4) is 0 Å². The molecule has 0 bridgehead atoms. The molecule has 0 aliphatic carbocycles. The van der Waals surface area contributed by atoms with E-state index in [1.165, 1.54) is 12.8 Å². The van der Waals surface area contributed by atoms with Gasteiger partial charge in [-0.3, -0.25) is 0 Å². The summed E-state index contributed by atoms with van der Waals surface area (Å²) in [5.74, 6) is 0. The summed E-state index contributed by atoms with van der Waals surface area (Å²) in [6, 6.07) is 0.713. The van der Waals surface area contributed by atoms with Gasteiger partial charge >= 0.3 is 6.03 Å². The Labute approximate surface area is 98.2 Å². The van der Waals surface area contributed by atoms with Crippen molar-refractivity contribution >= 4 is 6.03 Å². The Morgan fingerprint density at radius 3 is 2.50 bits per heavy atom. The molecule has 2 rings (SSSR count). The summed E-state index contributed by atoms with van der Waals surface area (Å²) in [5.41, 5.74) is 0. The maximum Gasteiger partial charge on any atom is 0.320 e. The van der Waals surface area contributed by atoms with E-state index in [4.69, 9.17) is 0 Å². The van der Waals surface area contributed by atoms with Gasteiger partial charge in [-0.1, -0.05) is 0 Å². The van der Waals surface area contributed by atoms with Crippen LogP contribution in [0.5, 0.6) is 0 Å². The summed E-state index contributed by atoms with van der Waals surface area (Å²) in [6.45, 7) is 3.88. The second-order valence-corrected chi connectivity index (χ2v) is 5.23. The lowest BCUT2D eigenvalue weighted by Crippen LogP contribution is -2.47. The molecule has 0 aromatic heterocycles. The molecule has 1 atom stereocenters. The second kappa shape index (κ2) is 5.04. The van der Waals surface area contributed by atoms with Crippen molar-refractivity contribution in [2.45, 2.75) is 31.7 Å². The van der Waals surface area contributed by atoms with Crippen molar-refractivity contribution in [1.82, 2.24) is 14.7 Å². The zero-order valence-electron chi connectivity index (χ0n) is 10.5. The molecule has 2 amide bonds. The van der Waals surface area contributed by atoms with Gasteiger partial charge in [0.05, 0.1) is 0 Å². The summed E-state index contributed by atoms with van der Waals surface area (Å²) in [5, 5.41) is 0. The molecule has 0 aromatic carbocycles. The largest absolute Gasteiger partial charge is 0.325 e. The Hall–Kier alpha value is -0.770. The summed E-state index contributed by atoms with van der Waals surface area (Å²) in [6.07, 6.45) is 4.69. The molecule has 1 unspecified atom stereocenters. The summed E-state index contributed by atoms with van der Waals surface area (Å²) >= 11 is 0. The summed E-state index contributed by atoms with van der Waals surface area (Å²) < 4.78 is 0. The summed E-state index contributed by atoms with van der Waals surface area (Å²) in [4.78, 5) is 18.6. The molecule has 0 N–H and O–H groups in total. The lowest BCUT2D eigenvalue weighted by molar-refractivity contribution is 0.149. The minimum Gasteiger partial charge on any atom is -0.325 e. The molecule has 0 spiro atoms. The van der Waals surface area contributed by atoms with Crippen molar-refractivity contribution < 1.29 is 4.79 Å². The van der Waals surface area contributed by atoms with Gasteiger partial charge in [-0.15, -0.1) is 0 Å². The third-order valence-corrected chi connectivity index (χ3v) is 3.58. The Balaban J connectivity index is 1.93. The fourth-order valence-corrected chi connectivity index (χ4v) is 2.79. The Morgan fingerprint density at radius 2 is 1.88 bits per heavy atom. The summed E-state index contributed by atoms with van der Waals surface area (Å²) in [7, 11) is 4.16. The monoisotopic (exact) mass is 225 g/mol. The first-order valence-electron chi connectivity index (χ1n) is 6.39. The van der Waals surface area contributed by atoms with E-state index in [-0.39, 0.29) is 6.03 Å². The predicted molar refractivity (Wildman–Crippen MR) is 64.5 cm³/mol. The highest BCUT2D eigenvalue weighted by Crippen LogP contribution is 2.21. The van der Waals surface area contributed by atoms with E-state index >= 15 is 0 Å². The molecule has 0 aromatic rings. The molecule has 2 aliphatic rings. The predicted octanol–water partition coefficient (Wildman–Crippen LogP) is 1.23. The van der Waals surface area contributed by atoms with E-state index < -0.39 is 0 Å². The fourth-order valence-electron chi connectivity index (χ4n) is 2.79. The van der Waals surface area contributed by atoms with Crippen LogP contribution in [0.1, 0.15) is 25.7 Å². The van der Waals surface area contributed by atoms with E-state index in [0.717, 1.165) is 39.0 Å². The van der Waals surface area contributed by atoms with Gasteiger partial charge in [-0.2, -0.15) is 0 Å². The van der Waals surface area contributed by atoms with Crippen LogP contribution in [0.25, 0.3) is 0 Å². The van der Waals surface area contributed by atoms with Crippen LogP contribution >= 0.6 is 0 Å². The van der Waals surface area contributed by atoms with Crippen LogP contribution in [-0.2, 0) is 0 Å². The quantitative estimate of drug-likeness (QED) is 0.706. The number of rotatable bonds is 2. The van der Waals surface area contributed by atoms with E-state index in [9.17, 15) is 4.79 Å². The average Bonchev–Trinajstić information content (AvgIpc) is 2.84. The lowest BCUT2D eigenvalue weighted by Gasteiger charge is -2.30. The third-order valence-electron chi connectivity index (χ3n) is 3.58. The number of carbonyl (C=O) groups excluding carboxylic acids is 1. The molecule has 4 heteroatoms. The highest BCUT2D eigenvalue weighted by Gasteiger charge is 2.32. The number of likely N-dealkylation sites (N-methyl/N-ethyl adjacent to an activating group) is 1. The Morgan fingerprint density at radius 1 is 1.19 bits per heavy atom. The maximum absolute atomic E-state index is 12.3. The highest BCUT2D eigenvalue weighted by molar-refractivity contribution is 5.75. The zero-order valence-corrected chi connectivity index (χ0v) is 10.5. The van der Waals surface area contributed by atoms with Gasteiger partial charge in [0.15, 0.2) is 0 Å². The van der Waals surface area contributed by atoms with Crippen LogP contribution < -0.4 is 0 Å². The van der Waals surface area contributed by atoms with E-state index in [1.54, 1.807) is 0 Å². The molecule has 2 saturated heterocycles. The molecule has 2 fully saturated rings. The van der Waals surface area contributed by atoms with E-state index in [0.29, 0.717) is 6.04 Å². The maximum atomic E-state index is 12.3. The molecular weight excluding hydrogens is 202 g/mol. The fraction of sp³-hybridized carbons (Fsp3) is 0.917. The standard InChI is InChI=1S/C12H23N3O/c1-13(2)10-11-6-5-9-15(11)12(16)14-7-3-4-8-14/h11H,3-10H2,1-2H3. The zero-order chi connectivity index (χ0) is 11.5. The molecule has 2 heterocycles. The van der Waals surface area contributed by atoms with Crippen molar-refractivity contribution in [3.05, 3.63) is 0 Å². The van der Waals surface area contributed by atoms with Crippen molar-refractivity contribution in [1.29, 1.82) is 0 Å². The molecule has 0 radical (unpaired) electrons. The number of carbonyl (C=O) groups is 1. The van der Waals surface area contributed by atoms with Crippen LogP contribution in [0, 0.1) is 0 Å². The van der Waals surface area contributed by atoms with Gasteiger partial charge in [-0.05, 0) is 39.8 Å². The third kappa shape index (κ3) is 2.48. The van der Waals surface area contributed by atoms with Crippen molar-refractivity contribution in [3.8, 4) is 0 Å². The first kappa shape index (κ1) is 11.7. The minimum absolute atomic E-state index is 0.279. The van der Waals surface area contributed by atoms with Crippen LogP contribution in [0.4, 0.5) is 4.79 Å². The van der Waals surface area contributed by atoms with Gasteiger partial charge in [-0.25, -0.2) is 4.79 Å². The first-order chi connectivity index (χ1) is 7.68. The molecular formula is C12H23N3O. The Bertz CT molecular complexity index is 249. The molecule has 2 aliphatic heterocycles. The van der Waals surface area contributed by atoms with E-state index in [2.05, 4.69) is 23.9 Å². The second-order valence-electron chi connectivity index (χ2n) is 5.23. The number of amides is 2. The number of hydrogen-bond acceptors (Lipinski definition) is 2. The Kier molecular flexibility index (Phi) is 3.69. The van der Waals surface area contributed by atoms with Gasteiger partial charge in [0.2, 0.25) is 0 Å². The van der Waals surface area contributed by atoms with Crippen LogP contribution in [0.2, 0.25) is 0 Å². The SMILES string of the molecule is CN(C)CC1CCCN1C(=O)N1CCCC1. The van der Waals surface area contributed by atoms with Gasteiger partial charge < -0.3 is 14.7 Å². The first-order valence-corrected chi connectivity index (χ1v) is 6.39.